The molecule has 0 bridgehead atoms. The molecule has 9 heteroatoms. The fraction of sp³-hybridized carbons (Fsp3) is 0.350. The molecule has 0 radical (unpaired) electrons. The van der Waals surface area contributed by atoms with Crippen LogP contribution in [0, 0.1) is 25.2 Å². The number of hydrogen-bond donors (Lipinski definition) is 1. The molecule has 8 nitrogen and oxygen atoms in total. The number of carbonyl (C=O) groups excluding carboxylic acids is 1. The number of nitrogens with one attached hydrogen (secondary N) is 1. The van der Waals surface area contributed by atoms with Crippen molar-refractivity contribution in [1.29, 1.82) is 5.26 Å². The monoisotopic (exact) mass is 414 g/mol. The zero-order valence-corrected chi connectivity index (χ0v) is 17.3. The summed E-state index contributed by atoms with van der Waals surface area (Å²) < 4.78 is 30.5. The van der Waals surface area contributed by atoms with Gasteiger partial charge in [0, 0.05) is 11.3 Å². The zero-order valence-electron chi connectivity index (χ0n) is 16.5. The number of para-hydroxylation sites is 2. The van der Waals surface area contributed by atoms with Crippen LogP contribution in [0.25, 0.3) is 6.08 Å². The number of nitrogens with zero attached hydrogens (tertiary/aromatic N) is 3. The lowest BCUT2D eigenvalue weighted by Crippen LogP contribution is -2.14. The van der Waals surface area contributed by atoms with Crippen LogP contribution in [-0.2, 0) is 14.6 Å². The second kappa shape index (κ2) is 8.09. The molecule has 152 valence electrons. The van der Waals surface area contributed by atoms with Gasteiger partial charge in [0.1, 0.15) is 17.4 Å². The molecule has 3 rings (SSSR count). The van der Waals surface area contributed by atoms with Crippen molar-refractivity contribution in [2.75, 3.05) is 23.9 Å². The van der Waals surface area contributed by atoms with Gasteiger partial charge in [-0.1, -0.05) is 12.1 Å². The molecule has 1 aromatic carbocycles. The number of nitriles is 1. The lowest BCUT2D eigenvalue weighted by atomic mass is 10.1. The summed E-state index contributed by atoms with van der Waals surface area (Å²) >= 11 is 0. The molecule has 1 aliphatic rings. The normalized spacial score (nSPS) is 18.3. The van der Waals surface area contributed by atoms with E-state index in [9.17, 15) is 18.5 Å². The van der Waals surface area contributed by atoms with Crippen molar-refractivity contribution in [3.8, 4) is 11.8 Å². The van der Waals surface area contributed by atoms with Gasteiger partial charge in [-0.05, 0) is 38.5 Å². The van der Waals surface area contributed by atoms with Gasteiger partial charge in [0.2, 0.25) is 0 Å². The van der Waals surface area contributed by atoms with E-state index in [1.807, 2.05) is 13.0 Å². The van der Waals surface area contributed by atoms with Crippen molar-refractivity contribution in [3.05, 3.63) is 46.8 Å². The Labute approximate surface area is 169 Å². The second-order valence-corrected chi connectivity index (χ2v) is 9.14. The highest BCUT2D eigenvalue weighted by molar-refractivity contribution is 7.91. The lowest BCUT2D eigenvalue weighted by Gasteiger charge is -2.11. The first-order chi connectivity index (χ1) is 13.8. The third-order valence-corrected chi connectivity index (χ3v) is 6.69. The van der Waals surface area contributed by atoms with Gasteiger partial charge in [-0.2, -0.15) is 10.4 Å². The van der Waals surface area contributed by atoms with E-state index in [2.05, 4.69) is 10.4 Å². The summed E-state index contributed by atoms with van der Waals surface area (Å²) in [5.41, 5.74) is 2.37. The standard InChI is InChI=1S/C20H22N4O4S/c1-13-17(14(2)24(23-13)16-8-9-29(26,27)12-16)10-15(11-21)20(25)22-18-6-4-5-7-19(18)28-3/h4-7,10,16H,8-9,12H2,1-3H3,(H,22,25)/b15-10+/t16-/m0/s1. The molecule has 1 atom stereocenters. The van der Waals surface area contributed by atoms with Crippen LogP contribution in [0.3, 0.4) is 0 Å². The molecule has 0 saturated carbocycles. The van der Waals surface area contributed by atoms with Crippen molar-refractivity contribution < 1.29 is 17.9 Å². The maximum Gasteiger partial charge on any atom is 0.266 e. The van der Waals surface area contributed by atoms with Crippen LogP contribution in [0.1, 0.15) is 29.4 Å². The molecular formula is C20H22N4O4S. The number of methoxy groups -OCH3 is 1. The van der Waals surface area contributed by atoms with Crippen molar-refractivity contribution in [3.63, 3.8) is 0 Å². The lowest BCUT2D eigenvalue weighted by molar-refractivity contribution is -0.112. The highest BCUT2D eigenvalue weighted by Gasteiger charge is 2.31. The minimum atomic E-state index is -3.05. The van der Waals surface area contributed by atoms with E-state index in [1.54, 1.807) is 35.9 Å². The number of rotatable bonds is 5. The van der Waals surface area contributed by atoms with E-state index in [0.29, 0.717) is 29.1 Å². The summed E-state index contributed by atoms with van der Waals surface area (Å²) in [6.07, 6.45) is 2.00. The van der Waals surface area contributed by atoms with E-state index >= 15 is 0 Å². The fourth-order valence-corrected chi connectivity index (χ4v) is 5.13. The third kappa shape index (κ3) is 4.32. The Hall–Kier alpha value is -3.12. The summed E-state index contributed by atoms with van der Waals surface area (Å²) in [4.78, 5) is 12.6. The number of amides is 1. The van der Waals surface area contributed by atoms with Crippen LogP contribution in [0.2, 0.25) is 0 Å². The maximum atomic E-state index is 12.6. The van der Waals surface area contributed by atoms with Gasteiger partial charge < -0.3 is 10.1 Å². The Balaban J connectivity index is 1.90. The quantitative estimate of drug-likeness (QED) is 0.594. The van der Waals surface area contributed by atoms with E-state index in [1.165, 1.54) is 13.2 Å². The number of hydrogen-bond acceptors (Lipinski definition) is 6. The molecule has 0 spiro atoms. The van der Waals surface area contributed by atoms with Crippen LogP contribution in [0.15, 0.2) is 29.8 Å². The summed E-state index contributed by atoms with van der Waals surface area (Å²) in [5, 5.41) is 16.7. The van der Waals surface area contributed by atoms with Crippen molar-refractivity contribution in [2.24, 2.45) is 0 Å². The molecule has 0 aliphatic carbocycles. The Morgan fingerprint density at radius 3 is 2.72 bits per heavy atom. The maximum absolute atomic E-state index is 12.6. The van der Waals surface area contributed by atoms with Crippen molar-refractivity contribution in [2.45, 2.75) is 26.3 Å². The van der Waals surface area contributed by atoms with E-state index < -0.39 is 15.7 Å². The summed E-state index contributed by atoms with van der Waals surface area (Å²) in [6.45, 7) is 3.58. The minimum absolute atomic E-state index is 0.0531. The van der Waals surface area contributed by atoms with Gasteiger partial charge >= 0.3 is 0 Å². The van der Waals surface area contributed by atoms with Crippen LogP contribution in [-0.4, -0.2) is 42.7 Å². The van der Waals surface area contributed by atoms with E-state index in [4.69, 9.17) is 4.74 Å². The Morgan fingerprint density at radius 1 is 1.38 bits per heavy atom. The first-order valence-electron chi connectivity index (χ1n) is 9.08. The molecular weight excluding hydrogens is 392 g/mol. The second-order valence-electron chi connectivity index (χ2n) is 6.91. The third-order valence-electron chi connectivity index (χ3n) is 4.94. The van der Waals surface area contributed by atoms with Crippen LogP contribution >= 0.6 is 0 Å². The summed E-state index contributed by atoms with van der Waals surface area (Å²) in [5.74, 6) is 0.122. The summed E-state index contributed by atoms with van der Waals surface area (Å²) in [6, 6.07) is 8.62. The fourth-order valence-electron chi connectivity index (χ4n) is 3.44. The van der Waals surface area contributed by atoms with Gasteiger partial charge in [-0.15, -0.1) is 0 Å². The number of sulfone groups is 1. The smallest absolute Gasteiger partial charge is 0.266 e. The predicted molar refractivity (Wildman–Crippen MR) is 109 cm³/mol. The summed E-state index contributed by atoms with van der Waals surface area (Å²) in [7, 11) is -1.55. The average Bonchev–Trinajstić information content (AvgIpc) is 3.18. The van der Waals surface area contributed by atoms with E-state index in [0.717, 1.165) is 5.69 Å². The van der Waals surface area contributed by atoms with Gasteiger partial charge in [0.05, 0.1) is 36.0 Å². The molecule has 0 unspecified atom stereocenters. The van der Waals surface area contributed by atoms with Crippen molar-refractivity contribution >= 4 is 27.5 Å². The molecule has 29 heavy (non-hydrogen) atoms. The van der Waals surface area contributed by atoms with Crippen molar-refractivity contribution in [1.82, 2.24) is 9.78 Å². The molecule has 2 heterocycles. The first-order valence-corrected chi connectivity index (χ1v) is 10.9. The highest BCUT2D eigenvalue weighted by Crippen LogP contribution is 2.28. The number of anilines is 1. The topological polar surface area (TPSA) is 114 Å². The number of benzene rings is 1. The predicted octanol–water partition coefficient (Wildman–Crippen LogP) is 2.41. The van der Waals surface area contributed by atoms with Crippen LogP contribution in [0.4, 0.5) is 5.69 Å². The van der Waals surface area contributed by atoms with Crippen LogP contribution < -0.4 is 10.1 Å². The SMILES string of the molecule is COc1ccccc1NC(=O)/C(C#N)=C/c1c(C)nn([C@H]2CCS(=O)(=O)C2)c1C. The number of aromatic nitrogens is 2. The van der Waals surface area contributed by atoms with Crippen LogP contribution in [0.5, 0.6) is 5.75 Å². The van der Waals surface area contributed by atoms with E-state index in [-0.39, 0.29) is 23.1 Å². The minimum Gasteiger partial charge on any atom is -0.495 e. The van der Waals surface area contributed by atoms with Gasteiger partial charge in [-0.25, -0.2) is 8.42 Å². The number of carbonyl (C=O) groups is 1. The van der Waals surface area contributed by atoms with Gasteiger partial charge in [0.15, 0.2) is 9.84 Å². The molecule has 1 saturated heterocycles. The molecule has 1 aliphatic heterocycles. The first kappa shape index (κ1) is 20.6. The number of aryl methyl sites for hydroxylation is 1. The molecule has 1 N–H and O–H groups in total. The Kier molecular flexibility index (Phi) is 5.75. The Bertz CT molecular complexity index is 1130. The Morgan fingerprint density at radius 2 is 2.10 bits per heavy atom. The zero-order chi connectivity index (χ0) is 21.2. The molecule has 2 aromatic rings. The largest absolute Gasteiger partial charge is 0.495 e. The molecule has 1 aromatic heterocycles. The number of ether oxygens (including phenoxy) is 1. The average molecular weight is 414 g/mol. The molecule has 1 amide bonds. The molecule has 1 fully saturated rings. The van der Waals surface area contributed by atoms with Gasteiger partial charge in [0.25, 0.3) is 5.91 Å². The van der Waals surface area contributed by atoms with Gasteiger partial charge in [-0.3, -0.25) is 9.48 Å². The highest BCUT2D eigenvalue weighted by atomic mass is 32.2.